The van der Waals surface area contributed by atoms with Crippen LogP contribution in [0.4, 0.5) is 0 Å². The van der Waals surface area contributed by atoms with E-state index in [2.05, 4.69) is 0 Å². The highest BCUT2D eigenvalue weighted by atomic mass is 16.5. The molecule has 0 saturated carbocycles. The van der Waals surface area contributed by atoms with Gasteiger partial charge in [-0.3, -0.25) is 0 Å². The summed E-state index contributed by atoms with van der Waals surface area (Å²) in [7, 11) is 2.85. The number of carboxylic acid groups (broad SMARTS) is 1. The molecule has 0 aliphatic rings. The number of phenols is 1. The van der Waals surface area contributed by atoms with E-state index in [9.17, 15) is 15.0 Å². The molecule has 1 aromatic carbocycles. The van der Waals surface area contributed by atoms with Crippen molar-refractivity contribution in [2.24, 2.45) is 5.92 Å². The van der Waals surface area contributed by atoms with E-state index < -0.39 is 5.97 Å². The summed E-state index contributed by atoms with van der Waals surface area (Å²) in [6, 6.07) is 3.14. The van der Waals surface area contributed by atoms with Gasteiger partial charge in [0.15, 0.2) is 11.5 Å². The molecule has 5 heteroatoms. The molecule has 0 bridgehead atoms. The number of rotatable bonds is 6. The molecule has 20 heavy (non-hydrogen) atoms. The van der Waals surface area contributed by atoms with Crippen LogP contribution >= 0.6 is 0 Å². The van der Waals surface area contributed by atoms with Crippen LogP contribution in [0, 0.1) is 5.92 Å². The predicted octanol–water partition coefficient (Wildman–Crippen LogP) is 2.92. The molecule has 0 saturated heterocycles. The van der Waals surface area contributed by atoms with Crippen molar-refractivity contribution in [2.45, 2.75) is 20.3 Å². The molecule has 0 aromatic heterocycles. The Morgan fingerprint density at radius 2 is 1.75 bits per heavy atom. The SMILES string of the molecule is COc1cc(/C=C(\CC(C)C)C(=O)O)cc(OC)c1O. The van der Waals surface area contributed by atoms with Gasteiger partial charge in [-0.1, -0.05) is 13.8 Å². The number of carboxylic acids is 1. The summed E-state index contributed by atoms with van der Waals surface area (Å²) in [5, 5.41) is 19.0. The smallest absolute Gasteiger partial charge is 0.331 e. The second kappa shape index (κ2) is 6.84. The fourth-order valence-electron chi connectivity index (χ4n) is 1.85. The summed E-state index contributed by atoms with van der Waals surface area (Å²) >= 11 is 0. The Morgan fingerprint density at radius 1 is 1.25 bits per heavy atom. The Balaban J connectivity index is 3.27. The standard InChI is InChI=1S/C15H20O5/c1-9(2)5-11(15(17)18)6-10-7-12(19-3)14(16)13(8-10)20-4/h6-9,16H,5H2,1-4H3,(H,17,18)/b11-6+. The van der Waals surface area contributed by atoms with E-state index >= 15 is 0 Å². The van der Waals surface area contributed by atoms with Gasteiger partial charge in [-0.05, 0) is 36.1 Å². The average molecular weight is 280 g/mol. The second-order valence-electron chi connectivity index (χ2n) is 4.85. The number of phenolic OH excluding ortho intramolecular Hbond substituents is 1. The molecule has 0 spiro atoms. The van der Waals surface area contributed by atoms with Crippen molar-refractivity contribution in [3.63, 3.8) is 0 Å². The van der Waals surface area contributed by atoms with Gasteiger partial charge < -0.3 is 19.7 Å². The Bertz CT molecular complexity index is 492. The number of hydrogen-bond acceptors (Lipinski definition) is 4. The lowest BCUT2D eigenvalue weighted by molar-refractivity contribution is -0.132. The van der Waals surface area contributed by atoms with Crippen molar-refractivity contribution in [3.05, 3.63) is 23.3 Å². The van der Waals surface area contributed by atoms with Gasteiger partial charge in [-0.2, -0.15) is 0 Å². The van der Waals surface area contributed by atoms with Crippen LogP contribution < -0.4 is 9.47 Å². The zero-order chi connectivity index (χ0) is 15.3. The molecule has 1 rings (SSSR count). The van der Waals surface area contributed by atoms with Crippen molar-refractivity contribution in [1.29, 1.82) is 0 Å². The van der Waals surface area contributed by atoms with Crippen LogP contribution in [0.25, 0.3) is 6.08 Å². The molecule has 0 radical (unpaired) electrons. The van der Waals surface area contributed by atoms with E-state index in [-0.39, 0.29) is 23.2 Å². The van der Waals surface area contributed by atoms with Crippen molar-refractivity contribution >= 4 is 12.0 Å². The van der Waals surface area contributed by atoms with Crippen LogP contribution in [0.15, 0.2) is 17.7 Å². The molecule has 0 unspecified atom stereocenters. The van der Waals surface area contributed by atoms with Crippen LogP contribution in [0.3, 0.4) is 0 Å². The highest BCUT2D eigenvalue weighted by molar-refractivity contribution is 5.92. The van der Waals surface area contributed by atoms with Gasteiger partial charge in [0.2, 0.25) is 5.75 Å². The number of hydrogen-bond donors (Lipinski definition) is 2. The van der Waals surface area contributed by atoms with Gasteiger partial charge in [-0.25, -0.2) is 4.79 Å². The van der Waals surface area contributed by atoms with Crippen LogP contribution in [0.2, 0.25) is 0 Å². The summed E-state index contributed by atoms with van der Waals surface area (Å²) in [4.78, 5) is 11.2. The van der Waals surface area contributed by atoms with Crippen LogP contribution in [-0.2, 0) is 4.79 Å². The summed E-state index contributed by atoms with van der Waals surface area (Å²) in [6.45, 7) is 3.91. The maximum atomic E-state index is 11.2. The fourth-order valence-corrected chi connectivity index (χ4v) is 1.85. The monoisotopic (exact) mass is 280 g/mol. The molecule has 0 aliphatic carbocycles. The molecule has 0 aliphatic heterocycles. The van der Waals surface area contributed by atoms with Crippen molar-refractivity contribution in [1.82, 2.24) is 0 Å². The van der Waals surface area contributed by atoms with E-state index in [4.69, 9.17) is 9.47 Å². The Kier molecular flexibility index (Phi) is 5.43. The molecule has 0 amide bonds. The first-order valence-corrected chi connectivity index (χ1v) is 6.27. The maximum absolute atomic E-state index is 11.2. The Morgan fingerprint density at radius 3 is 2.10 bits per heavy atom. The van der Waals surface area contributed by atoms with Gasteiger partial charge in [0.25, 0.3) is 0 Å². The highest BCUT2D eigenvalue weighted by Gasteiger charge is 2.13. The summed E-state index contributed by atoms with van der Waals surface area (Å²) < 4.78 is 10.1. The molecule has 0 fully saturated rings. The van der Waals surface area contributed by atoms with Crippen molar-refractivity contribution < 1.29 is 24.5 Å². The number of aliphatic carboxylic acids is 1. The minimum Gasteiger partial charge on any atom is -0.502 e. The van der Waals surface area contributed by atoms with E-state index in [0.717, 1.165) is 0 Å². The summed E-state index contributed by atoms with van der Waals surface area (Å²) in [5.74, 6) is -0.342. The lowest BCUT2D eigenvalue weighted by Gasteiger charge is -2.11. The van der Waals surface area contributed by atoms with Crippen LogP contribution in [0.5, 0.6) is 17.2 Å². The topological polar surface area (TPSA) is 76.0 Å². The minimum absolute atomic E-state index is 0.104. The van der Waals surface area contributed by atoms with Crippen molar-refractivity contribution in [3.8, 4) is 17.2 Å². The first-order chi connectivity index (χ1) is 9.38. The van der Waals surface area contributed by atoms with Crippen molar-refractivity contribution in [2.75, 3.05) is 14.2 Å². The van der Waals surface area contributed by atoms with E-state index in [1.807, 2.05) is 13.8 Å². The molecular formula is C15H20O5. The largest absolute Gasteiger partial charge is 0.502 e. The molecular weight excluding hydrogens is 260 g/mol. The number of aromatic hydroxyl groups is 1. The number of ether oxygens (including phenoxy) is 2. The zero-order valence-electron chi connectivity index (χ0n) is 12.1. The third kappa shape index (κ3) is 3.91. The van der Waals surface area contributed by atoms with Crippen LogP contribution in [-0.4, -0.2) is 30.4 Å². The van der Waals surface area contributed by atoms with Gasteiger partial charge >= 0.3 is 5.97 Å². The average Bonchev–Trinajstić information content (AvgIpc) is 2.38. The van der Waals surface area contributed by atoms with Gasteiger partial charge in [-0.15, -0.1) is 0 Å². The lowest BCUT2D eigenvalue weighted by atomic mass is 10.0. The Hall–Kier alpha value is -2.17. The van der Waals surface area contributed by atoms with E-state index in [0.29, 0.717) is 17.6 Å². The molecule has 0 heterocycles. The first-order valence-electron chi connectivity index (χ1n) is 6.27. The summed E-state index contributed by atoms with van der Waals surface area (Å²) in [6.07, 6.45) is 2.02. The van der Waals surface area contributed by atoms with Gasteiger partial charge in [0.05, 0.1) is 14.2 Å². The van der Waals surface area contributed by atoms with E-state index in [1.54, 1.807) is 18.2 Å². The summed E-state index contributed by atoms with van der Waals surface area (Å²) in [5.41, 5.74) is 0.907. The maximum Gasteiger partial charge on any atom is 0.331 e. The van der Waals surface area contributed by atoms with Crippen LogP contribution in [0.1, 0.15) is 25.8 Å². The Labute approximate surface area is 118 Å². The zero-order valence-corrected chi connectivity index (χ0v) is 12.1. The molecule has 2 N–H and O–H groups in total. The molecule has 5 nitrogen and oxygen atoms in total. The predicted molar refractivity (Wildman–Crippen MR) is 76.3 cm³/mol. The van der Waals surface area contributed by atoms with Gasteiger partial charge in [0.1, 0.15) is 0 Å². The number of carbonyl (C=O) groups is 1. The second-order valence-corrected chi connectivity index (χ2v) is 4.85. The highest BCUT2D eigenvalue weighted by Crippen LogP contribution is 2.37. The fraction of sp³-hybridized carbons (Fsp3) is 0.400. The third-order valence-electron chi connectivity index (χ3n) is 2.75. The quantitative estimate of drug-likeness (QED) is 0.783. The molecule has 110 valence electrons. The van der Waals surface area contributed by atoms with Gasteiger partial charge in [0, 0.05) is 5.57 Å². The molecule has 1 aromatic rings. The number of benzene rings is 1. The normalized spacial score (nSPS) is 11.6. The number of methoxy groups -OCH3 is 2. The first kappa shape index (κ1) is 15.9. The van der Waals surface area contributed by atoms with E-state index in [1.165, 1.54) is 14.2 Å². The third-order valence-corrected chi connectivity index (χ3v) is 2.75. The lowest BCUT2D eigenvalue weighted by Crippen LogP contribution is -2.04. The molecule has 0 atom stereocenters. The minimum atomic E-state index is -0.954.